The lowest BCUT2D eigenvalue weighted by Gasteiger charge is -2.37. The maximum absolute atomic E-state index is 14.6. The largest absolute Gasteiger partial charge is 0.480 e. The summed E-state index contributed by atoms with van der Waals surface area (Å²) in [4.78, 5) is 70.6. The maximum atomic E-state index is 14.6. The second-order valence-corrected chi connectivity index (χ2v) is 18.0. The van der Waals surface area contributed by atoms with Gasteiger partial charge in [-0.1, -0.05) is 231 Å². The van der Waals surface area contributed by atoms with E-state index in [0.717, 1.165) is 55.6 Å². The Morgan fingerprint density at radius 3 is 1.15 bits per heavy atom. The van der Waals surface area contributed by atoms with Crippen molar-refractivity contribution in [1.82, 2.24) is 21.3 Å². The fourth-order valence-electron chi connectivity index (χ4n) is 10.1. The van der Waals surface area contributed by atoms with Crippen LogP contribution in [0.1, 0.15) is 69.7 Å². The average molecular weight is 967 g/mol. The zero-order chi connectivity index (χ0) is 50.6. The Bertz CT molecular complexity index is 2940. The molecule has 0 saturated carbocycles. The lowest BCUT2D eigenvalue weighted by Crippen LogP contribution is -2.54. The number of benzene rings is 8. The van der Waals surface area contributed by atoms with E-state index in [-0.39, 0.29) is 25.4 Å². The number of carbonyl (C=O) groups is 5. The number of rotatable bonds is 19. The molecule has 8 aromatic rings. The van der Waals surface area contributed by atoms with Crippen molar-refractivity contribution in [1.29, 1.82) is 0 Å². The van der Waals surface area contributed by atoms with Crippen molar-refractivity contribution in [2.45, 2.75) is 48.3 Å². The second-order valence-electron chi connectivity index (χ2n) is 18.0. The number of ether oxygens (including phenoxy) is 1. The normalized spacial score (nSPS) is 12.8. The van der Waals surface area contributed by atoms with Crippen LogP contribution in [0, 0.1) is 0 Å². The third-order valence-electron chi connectivity index (χ3n) is 13.5. The third kappa shape index (κ3) is 10.5. The highest BCUT2D eigenvalue weighted by atomic mass is 16.5. The van der Waals surface area contributed by atoms with Gasteiger partial charge in [-0.25, -0.2) is 9.59 Å². The van der Waals surface area contributed by atoms with E-state index < -0.39 is 59.4 Å². The number of carbonyl (C=O) groups excluding carboxylic acids is 4. The van der Waals surface area contributed by atoms with Gasteiger partial charge in [0.2, 0.25) is 17.7 Å². The highest BCUT2D eigenvalue weighted by molar-refractivity contribution is 5.93. The first-order chi connectivity index (χ1) is 35.7. The summed E-state index contributed by atoms with van der Waals surface area (Å²) in [7, 11) is 0. The molecule has 364 valence electrons. The Balaban J connectivity index is 0.987. The van der Waals surface area contributed by atoms with Gasteiger partial charge in [0.25, 0.3) is 0 Å². The summed E-state index contributed by atoms with van der Waals surface area (Å²) >= 11 is 0. The number of fused-ring (bicyclic) bond motifs is 3. The molecule has 0 radical (unpaired) electrons. The Hall–Kier alpha value is -9.09. The topological polar surface area (TPSA) is 163 Å². The zero-order valence-corrected chi connectivity index (χ0v) is 39.9. The molecule has 0 fully saturated rings. The molecule has 0 aliphatic heterocycles. The number of nitrogens with one attached hydrogen (secondary N) is 4. The molecular weight excluding hydrogens is 913 g/mol. The van der Waals surface area contributed by atoms with E-state index in [9.17, 15) is 29.1 Å². The Labute approximate surface area is 424 Å². The molecule has 11 nitrogen and oxygen atoms in total. The van der Waals surface area contributed by atoms with Gasteiger partial charge in [-0.2, -0.15) is 0 Å². The molecule has 4 amide bonds. The quantitative estimate of drug-likeness (QED) is 0.0504. The molecule has 9 rings (SSSR count). The van der Waals surface area contributed by atoms with Crippen LogP contribution in [0.2, 0.25) is 0 Å². The summed E-state index contributed by atoms with van der Waals surface area (Å²) in [5, 5.41) is 22.3. The summed E-state index contributed by atoms with van der Waals surface area (Å²) in [5.74, 6) is -3.84. The molecule has 0 unspecified atom stereocenters. The molecule has 1 aliphatic rings. The van der Waals surface area contributed by atoms with Crippen LogP contribution in [-0.2, 0) is 35.0 Å². The van der Waals surface area contributed by atoms with E-state index in [1.54, 1.807) is 0 Å². The van der Waals surface area contributed by atoms with E-state index >= 15 is 0 Å². The zero-order valence-electron chi connectivity index (χ0n) is 39.9. The van der Waals surface area contributed by atoms with Gasteiger partial charge in [-0.05, 0) is 62.1 Å². The van der Waals surface area contributed by atoms with Crippen molar-refractivity contribution in [2.24, 2.45) is 0 Å². The van der Waals surface area contributed by atoms with Gasteiger partial charge in [0, 0.05) is 12.3 Å². The van der Waals surface area contributed by atoms with Crippen LogP contribution < -0.4 is 21.3 Å². The van der Waals surface area contributed by atoms with Gasteiger partial charge in [0.15, 0.2) is 0 Å². The van der Waals surface area contributed by atoms with Crippen molar-refractivity contribution in [3.63, 3.8) is 0 Å². The van der Waals surface area contributed by atoms with Crippen LogP contribution in [0.25, 0.3) is 11.1 Å². The van der Waals surface area contributed by atoms with Crippen LogP contribution in [-0.4, -0.2) is 53.6 Å². The van der Waals surface area contributed by atoms with Crippen molar-refractivity contribution >= 4 is 29.8 Å². The van der Waals surface area contributed by atoms with Gasteiger partial charge in [-0.15, -0.1) is 0 Å². The minimum atomic E-state index is -1.75. The lowest BCUT2D eigenvalue weighted by atomic mass is 9.77. The number of hydrogen-bond acceptors (Lipinski definition) is 6. The molecule has 1 aliphatic carbocycles. The predicted octanol–water partition coefficient (Wildman–Crippen LogP) is 9.85. The van der Waals surface area contributed by atoms with Crippen molar-refractivity contribution in [3.8, 4) is 11.1 Å². The van der Waals surface area contributed by atoms with Crippen molar-refractivity contribution in [3.05, 3.63) is 275 Å². The van der Waals surface area contributed by atoms with E-state index in [1.807, 2.05) is 231 Å². The summed E-state index contributed by atoms with van der Waals surface area (Å²) < 4.78 is 5.87. The first-order valence-corrected chi connectivity index (χ1v) is 24.3. The number of hydrogen-bond donors (Lipinski definition) is 5. The number of alkyl carbamates (subject to hydrolysis) is 1. The van der Waals surface area contributed by atoms with Crippen LogP contribution in [0.5, 0.6) is 0 Å². The maximum Gasteiger partial charge on any atom is 0.407 e. The van der Waals surface area contributed by atoms with Crippen LogP contribution in [0.15, 0.2) is 231 Å². The Morgan fingerprint density at radius 2 is 0.781 bits per heavy atom. The Kier molecular flexibility index (Phi) is 15.0. The Morgan fingerprint density at radius 1 is 0.438 bits per heavy atom. The molecule has 0 saturated heterocycles. The molecule has 11 heteroatoms. The third-order valence-corrected chi connectivity index (χ3v) is 13.5. The number of amides is 4. The number of carboxylic acids is 1. The summed E-state index contributed by atoms with van der Waals surface area (Å²) in [6.07, 6.45) is -2.19. The van der Waals surface area contributed by atoms with Gasteiger partial charge < -0.3 is 31.1 Å². The highest BCUT2D eigenvalue weighted by Gasteiger charge is 2.41. The van der Waals surface area contributed by atoms with E-state index in [2.05, 4.69) is 21.3 Å². The van der Waals surface area contributed by atoms with E-state index in [0.29, 0.717) is 0 Å². The molecule has 2 atom stereocenters. The first-order valence-electron chi connectivity index (χ1n) is 24.3. The monoisotopic (exact) mass is 966 g/mol. The molecule has 5 N–H and O–H groups in total. The minimum Gasteiger partial charge on any atom is -0.480 e. The minimum absolute atomic E-state index is 0.0631. The molecule has 0 bridgehead atoms. The molecule has 0 heterocycles. The SMILES string of the molecule is O=C(CC[C@H](NC(=O)OCC1c2ccccc2-c2ccccc21)C(=O)N[C@@H](CC(=O)NC(c1ccccc1)(c1ccccc1)c1ccccc1)C(=O)O)NC(c1ccccc1)(c1ccccc1)c1ccccc1. The smallest absolute Gasteiger partial charge is 0.407 e. The molecule has 73 heavy (non-hydrogen) atoms. The van der Waals surface area contributed by atoms with Gasteiger partial charge in [0.05, 0.1) is 6.42 Å². The highest BCUT2D eigenvalue weighted by Crippen LogP contribution is 2.45. The number of aliphatic carboxylic acids is 1. The van der Waals surface area contributed by atoms with E-state index in [4.69, 9.17) is 4.74 Å². The van der Waals surface area contributed by atoms with Crippen LogP contribution >= 0.6 is 0 Å². The van der Waals surface area contributed by atoms with Gasteiger partial charge in [-0.3, -0.25) is 14.4 Å². The van der Waals surface area contributed by atoms with Crippen LogP contribution in [0.3, 0.4) is 0 Å². The standard InChI is InChI=1S/C62H54N4O7/c67-56(65-61(43-23-7-1-8-24-43,44-25-9-2-10-26-44)45-27-11-3-12-28-45)40-39-54(64-60(72)73-42-53-51-37-21-19-35-49(51)50-36-20-22-38-52(50)53)58(69)63-55(59(70)71)41-57(68)66-62(46-29-13-4-14-30-46,47-31-15-5-16-32-47)48-33-17-6-18-34-48/h1-38,53-55H,39-42H2,(H,63,69)(H,64,72)(H,65,67)(H,66,68)(H,70,71)/t54-,55-/m0/s1. The molecule has 0 spiro atoms. The molecule has 8 aromatic carbocycles. The van der Waals surface area contributed by atoms with Gasteiger partial charge >= 0.3 is 12.1 Å². The van der Waals surface area contributed by atoms with E-state index in [1.165, 1.54) is 0 Å². The fraction of sp³-hybridized carbons (Fsp3) is 0.145. The summed E-state index contributed by atoms with van der Waals surface area (Å²) in [5.41, 5.74) is 6.11. The second kappa shape index (κ2) is 22.3. The predicted molar refractivity (Wildman–Crippen MR) is 280 cm³/mol. The first kappa shape index (κ1) is 48.9. The molecular formula is C62H54N4O7. The van der Waals surface area contributed by atoms with Crippen LogP contribution in [0.4, 0.5) is 4.79 Å². The van der Waals surface area contributed by atoms with Crippen molar-refractivity contribution < 1.29 is 33.8 Å². The van der Waals surface area contributed by atoms with Gasteiger partial charge in [0.1, 0.15) is 29.8 Å². The lowest BCUT2D eigenvalue weighted by molar-refractivity contribution is -0.144. The average Bonchev–Trinajstić information content (AvgIpc) is 3.76. The molecule has 0 aromatic heterocycles. The summed E-state index contributed by atoms with van der Waals surface area (Å²) in [6.45, 7) is -0.0631. The summed E-state index contributed by atoms with van der Waals surface area (Å²) in [6, 6.07) is 69.2. The fourth-order valence-corrected chi connectivity index (χ4v) is 10.1. The van der Waals surface area contributed by atoms with Crippen molar-refractivity contribution in [2.75, 3.05) is 6.61 Å². The number of carboxylic acid groups (broad SMARTS) is 1.